The van der Waals surface area contributed by atoms with Crippen molar-refractivity contribution in [2.24, 2.45) is 10.7 Å². The zero-order valence-electron chi connectivity index (χ0n) is 6.95. The molecule has 0 amide bonds. The fourth-order valence-electron chi connectivity index (χ4n) is 1.08. The molecule has 3 N–H and O–H groups in total. The minimum absolute atomic E-state index is 0.350. The molecule has 1 unspecified atom stereocenters. The molecular weight excluding hydrogens is 156 g/mol. The average Bonchev–Trinajstić information content (AvgIpc) is 2.35. The maximum atomic E-state index is 10.4. The van der Waals surface area contributed by atoms with Crippen LogP contribution >= 0.6 is 0 Å². The summed E-state index contributed by atoms with van der Waals surface area (Å²) in [4.78, 5) is 14.5. The van der Waals surface area contributed by atoms with E-state index in [1.165, 1.54) is 0 Å². The van der Waals surface area contributed by atoms with Crippen LogP contribution in [0.3, 0.4) is 0 Å². The number of allylic oxidation sites excluding steroid dienone is 2. The number of rotatable bonds is 3. The van der Waals surface area contributed by atoms with E-state index in [0.29, 0.717) is 6.42 Å². The Morgan fingerprint density at radius 2 is 2.58 bits per heavy atom. The van der Waals surface area contributed by atoms with Crippen LogP contribution in [0.4, 0.5) is 0 Å². The molecule has 0 bridgehead atoms. The molecule has 0 saturated heterocycles. The minimum atomic E-state index is -0.970. The summed E-state index contributed by atoms with van der Waals surface area (Å²) in [6.07, 6.45) is 3.06. The lowest BCUT2D eigenvalue weighted by atomic mass is 10.1. The summed E-state index contributed by atoms with van der Waals surface area (Å²) in [5.74, 6) is -0.970. The number of nitrogens with zero attached hydrogens (tertiary/aromatic N) is 1. The molecule has 0 spiro atoms. The molecule has 0 saturated carbocycles. The van der Waals surface area contributed by atoms with Crippen LogP contribution in [0.2, 0.25) is 0 Å². The first kappa shape index (κ1) is 8.93. The SMILES string of the molecule is CC1=CCC(CC(N)C(=O)O)=N1. The van der Waals surface area contributed by atoms with E-state index in [2.05, 4.69) is 4.99 Å². The summed E-state index contributed by atoms with van der Waals surface area (Å²) in [5, 5.41) is 8.51. The Labute approximate surface area is 70.8 Å². The van der Waals surface area contributed by atoms with Gasteiger partial charge in [0, 0.05) is 24.3 Å². The van der Waals surface area contributed by atoms with Gasteiger partial charge in [-0.1, -0.05) is 6.08 Å². The summed E-state index contributed by atoms with van der Waals surface area (Å²) >= 11 is 0. The molecule has 1 aliphatic heterocycles. The van der Waals surface area contributed by atoms with Gasteiger partial charge in [-0.15, -0.1) is 0 Å². The van der Waals surface area contributed by atoms with E-state index in [9.17, 15) is 4.79 Å². The topological polar surface area (TPSA) is 75.7 Å². The van der Waals surface area contributed by atoms with Crippen LogP contribution in [0.5, 0.6) is 0 Å². The summed E-state index contributed by atoms with van der Waals surface area (Å²) in [6, 6.07) is -0.817. The number of aliphatic imine (C=N–C) groups is 1. The zero-order valence-corrected chi connectivity index (χ0v) is 6.95. The molecule has 0 fully saturated rings. The van der Waals surface area contributed by atoms with Gasteiger partial charge in [-0.3, -0.25) is 9.79 Å². The van der Waals surface area contributed by atoms with Crippen molar-refractivity contribution >= 4 is 11.7 Å². The molecule has 1 rings (SSSR count). The molecule has 12 heavy (non-hydrogen) atoms. The Hall–Kier alpha value is -1.16. The summed E-state index contributed by atoms with van der Waals surface area (Å²) < 4.78 is 0. The molecule has 0 aromatic rings. The molecule has 1 aliphatic rings. The molecule has 0 aromatic carbocycles. The Morgan fingerprint density at radius 1 is 1.92 bits per heavy atom. The maximum Gasteiger partial charge on any atom is 0.320 e. The molecule has 0 radical (unpaired) electrons. The van der Waals surface area contributed by atoms with Gasteiger partial charge < -0.3 is 10.8 Å². The number of hydrogen-bond donors (Lipinski definition) is 2. The Bertz CT molecular complexity index is 256. The predicted molar refractivity (Wildman–Crippen MR) is 46.0 cm³/mol. The number of carboxylic acid groups (broad SMARTS) is 1. The molecule has 0 aromatic heterocycles. The second kappa shape index (κ2) is 3.49. The van der Waals surface area contributed by atoms with Gasteiger partial charge in [0.15, 0.2) is 0 Å². The van der Waals surface area contributed by atoms with Crippen LogP contribution < -0.4 is 5.73 Å². The fourth-order valence-corrected chi connectivity index (χ4v) is 1.08. The molecular formula is C8H12N2O2. The van der Waals surface area contributed by atoms with Crippen LogP contribution in [0.25, 0.3) is 0 Å². The van der Waals surface area contributed by atoms with Gasteiger partial charge in [0.2, 0.25) is 0 Å². The summed E-state index contributed by atoms with van der Waals surface area (Å²) in [5.41, 5.74) is 7.15. The smallest absolute Gasteiger partial charge is 0.320 e. The maximum absolute atomic E-state index is 10.4. The highest BCUT2D eigenvalue weighted by atomic mass is 16.4. The van der Waals surface area contributed by atoms with Crippen molar-refractivity contribution in [3.8, 4) is 0 Å². The van der Waals surface area contributed by atoms with Gasteiger partial charge in [-0.05, 0) is 6.92 Å². The molecule has 0 aliphatic carbocycles. The molecule has 4 heteroatoms. The monoisotopic (exact) mass is 168 g/mol. The van der Waals surface area contributed by atoms with E-state index in [-0.39, 0.29) is 0 Å². The Kier molecular flexibility index (Phi) is 2.60. The zero-order chi connectivity index (χ0) is 9.14. The van der Waals surface area contributed by atoms with Crippen molar-refractivity contribution in [1.82, 2.24) is 0 Å². The van der Waals surface area contributed by atoms with E-state index < -0.39 is 12.0 Å². The number of hydrogen-bond acceptors (Lipinski definition) is 3. The van der Waals surface area contributed by atoms with Crippen LogP contribution in [0.15, 0.2) is 16.8 Å². The third-order valence-electron chi connectivity index (χ3n) is 1.74. The van der Waals surface area contributed by atoms with E-state index in [4.69, 9.17) is 10.8 Å². The van der Waals surface area contributed by atoms with Gasteiger partial charge in [0.05, 0.1) is 0 Å². The third-order valence-corrected chi connectivity index (χ3v) is 1.74. The number of aliphatic carboxylic acids is 1. The van der Waals surface area contributed by atoms with Crippen molar-refractivity contribution in [3.05, 3.63) is 11.8 Å². The minimum Gasteiger partial charge on any atom is -0.480 e. The van der Waals surface area contributed by atoms with Gasteiger partial charge in [0.25, 0.3) is 0 Å². The van der Waals surface area contributed by atoms with Gasteiger partial charge >= 0.3 is 5.97 Å². The number of carbonyl (C=O) groups is 1. The first-order valence-corrected chi connectivity index (χ1v) is 3.81. The Morgan fingerprint density at radius 3 is 3.00 bits per heavy atom. The molecule has 66 valence electrons. The number of nitrogens with two attached hydrogens (primary N) is 1. The highest BCUT2D eigenvalue weighted by molar-refractivity contribution is 5.92. The number of carboxylic acids is 1. The van der Waals surface area contributed by atoms with E-state index in [1.54, 1.807) is 0 Å². The summed E-state index contributed by atoms with van der Waals surface area (Å²) in [7, 11) is 0. The van der Waals surface area contributed by atoms with E-state index in [0.717, 1.165) is 17.8 Å². The quantitative estimate of drug-likeness (QED) is 0.645. The van der Waals surface area contributed by atoms with Crippen molar-refractivity contribution < 1.29 is 9.90 Å². The second-order valence-electron chi connectivity index (χ2n) is 2.88. The Balaban J connectivity index is 2.44. The van der Waals surface area contributed by atoms with E-state index >= 15 is 0 Å². The molecule has 4 nitrogen and oxygen atoms in total. The standard InChI is InChI=1S/C8H12N2O2/c1-5-2-3-6(10-5)4-7(9)8(11)12/h2,7H,3-4,9H2,1H3,(H,11,12). The average molecular weight is 168 g/mol. The predicted octanol–water partition coefficient (Wildman–Crippen LogP) is 0.537. The first-order chi connectivity index (χ1) is 5.59. The van der Waals surface area contributed by atoms with Crippen LogP contribution in [0.1, 0.15) is 19.8 Å². The fraction of sp³-hybridized carbons (Fsp3) is 0.500. The lowest BCUT2D eigenvalue weighted by molar-refractivity contribution is -0.138. The lowest BCUT2D eigenvalue weighted by Gasteiger charge is -2.04. The van der Waals surface area contributed by atoms with Crippen molar-refractivity contribution in [1.29, 1.82) is 0 Å². The highest BCUT2D eigenvalue weighted by Crippen LogP contribution is 2.12. The molecule has 1 atom stereocenters. The highest BCUT2D eigenvalue weighted by Gasteiger charge is 2.15. The van der Waals surface area contributed by atoms with Crippen molar-refractivity contribution in [2.45, 2.75) is 25.8 Å². The summed E-state index contributed by atoms with van der Waals surface area (Å²) in [6.45, 7) is 1.89. The normalized spacial score (nSPS) is 18.5. The van der Waals surface area contributed by atoms with Crippen LogP contribution in [-0.2, 0) is 4.79 Å². The molecule has 1 heterocycles. The second-order valence-corrected chi connectivity index (χ2v) is 2.88. The first-order valence-electron chi connectivity index (χ1n) is 3.81. The van der Waals surface area contributed by atoms with Crippen molar-refractivity contribution in [3.63, 3.8) is 0 Å². The van der Waals surface area contributed by atoms with Gasteiger partial charge in [-0.2, -0.15) is 0 Å². The lowest BCUT2D eigenvalue weighted by Crippen LogP contribution is -2.32. The van der Waals surface area contributed by atoms with Crippen LogP contribution in [-0.4, -0.2) is 22.8 Å². The van der Waals surface area contributed by atoms with Gasteiger partial charge in [-0.25, -0.2) is 0 Å². The van der Waals surface area contributed by atoms with Crippen molar-refractivity contribution in [2.75, 3.05) is 0 Å². The van der Waals surface area contributed by atoms with Crippen LogP contribution in [0, 0.1) is 0 Å². The van der Waals surface area contributed by atoms with E-state index in [1.807, 2.05) is 13.0 Å². The largest absolute Gasteiger partial charge is 0.480 e. The third kappa shape index (κ3) is 2.17. The van der Waals surface area contributed by atoms with Gasteiger partial charge in [0.1, 0.15) is 6.04 Å².